The van der Waals surface area contributed by atoms with Crippen LogP contribution in [0.5, 0.6) is 0 Å². The van der Waals surface area contributed by atoms with Crippen LogP contribution in [0.1, 0.15) is 22.3 Å². The number of nitrogens with zero attached hydrogens (tertiary/aromatic N) is 2. The molecule has 2 nitrogen and oxygen atoms in total. The van der Waals surface area contributed by atoms with Gasteiger partial charge in [0.1, 0.15) is 0 Å². The zero-order valence-corrected chi connectivity index (χ0v) is 28.2. The third-order valence-corrected chi connectivity index (χ3v) is 12.0. The Labute approximate surface area is 294 Å². The molecule has 0 unspecified atom stereocenters. The van der Waals surface area contributed by atoms with Crippen LogP contribution in [0.4, 0.5) is 34.1 Å². The number of hydrogen-bond acceptors (Lipinski definition) is 4. The van der Waals surface area contributed by atoms with Crippen molar-refractivity contribution in [3.05, 3.63) is 203 Å². The van der Waals surface area contributed by atoms with E-state index in [9.17, 15) is 0 Å². The predicted octanol–water partition coefficient (Wildman–Crippen LogP) is 13.1. The summed E-state index contributed by atoms with van der Waals surface area (Å²) in [5.41, 5.74) is 14.5. The number of benzene rings is 6. The van der Waals surface area contributed by atoms with Crippen LogP contribution in [0.25, 0.3) is 20.9 Å². The Morgan fingerprint density at radius 2 is 0.673 bits per heavy atom. The highest BCUT2D eigenvalue weighted by molar-refractivity contribution is 7.21. The summed E-state index contributed by atoms with van der Waals surface area (Å²) in [5.74, 6) is 0. The lowest BCUT2D eigenvalue weighted by molar-refractivity contribution is 0.798. The van der Waals surface area contributed by atoms with Crippen LogP contribution in [0.15, 0.2) is 181 Å². The van der Waals surface area contributed by atoms with Gasteiger partial charge in [-0.1, -0.05) is 84.9 Å². The molecule has 4 heteroatoms. The van der Waals surface area contributed by atoms with Crippen LogP contribution in [0, 0.1) is 0 Å². The van der Waals surface area contributed by atoms with Crippen molar-refractivity contribution in [1.82, 2.24) is 0 Å². The fourth-order valence-electron chi connectivity index (χ4n) is 8.07. The summed E-state index contributed by atoms with van der Waals surface area (Å²) in [5, 5.41) is 4.56. The summed E-state index contributed by atoms with van der Waals surface area (Å²) in [6.07, 6.45) is 0. The average Bonchev–Trinajstić information content (AvgIpc) is 3.94. The molecule has 1 spiro atoms. The van der Waals surface area contributed by atoms with E-state index in [0.29, 0.717) is 0 Å². The Bertz CT molecular complexity index is 2190. The lowest BCUT2D eigenvalue weighted by atomic mass is 9.71. The summed E-state index contributed by atoms with van der Waals surface area (Å²) < 4.78 is 0. The zero-order valence-electron chi connectivity index (χ0n) is 26.5. The maximum absolute atomic E-state index is 2.47. The molecule has 10 rings (SSSR count). The molecule has 0 saturated carbocycles. The van der Waals surface area contributed by atoms with Gasteiger partial charge in [-0.15, -0.1) is 22.7 Å². The maximum Gasteiger partial charge on any atom is 0.0743 e. The van der Waals surface area contributed by atoms with E-state index >= 15 is 0 Å². The average molecular weight is 663 g/mol. The number of para-hydroxylation sites is 4. The number of hydrogen-bond donors (Lipinski definition) is 0. The van der Waals surface area contributed by atoms with Gasteiger partial charge in [0.2, 0.25) is 0 Å². The Hall–Kier alpha value is -5.68. The molecule has 2 heterocycles. The highest BCUT2D eigenvalue weighted by atomic mass is 32.1. The molecule has 2 aliphatic carbocycles. The Balaban J connectivity index is 1.24. The van der Waals surface area contributed by atoms with Crippen molar-refractivity contribution in [3.8, 4) is 20.9 Å². The van der Waals surface area contributed by atoms with Crippen LogP contribution in [-0.2, 0) is 5.41 Å². The predicted molar refractivity (Wildman–Crippen MR) is 208 cm³/mol. The van der Waals surface area contributed by atoms with E-state index in [-0.39, 0.29) is 0 Å². The van der Waals surface area contributed by atoms with E-state index in [1.165, 1.54) is 43.1 Å². The standard InChI is InChI=1S/C45H30N2S2/c1-5-13-31(14-6-1)46(32-15-7-2-8-16-32)35-21-23-37-38-24-22-36(47(33-17-9-3-10-18-33)34-19-11-4-12-20-34)30-42(38)45(41(37)29-35)39-25-27-48-43(39)44-40(45)26-28-49-44/h1-30H. The summed E-state index contributed by atoms with van der Waals surface area (Å²) in [6.45, 7) is 0. The summed E-state index contributed by atoms with van der Waals surface area (Å²) in [4.78, 5) is 7.55. The highest BCUT2D eigenvalue weighted by Gasteiger charge is 2.53. The smallest absolute Gasteiger partial charge is 0.0743 e. The largest absolute Gasteiger partial charge is 0.310 e. The number of rotatable bonds is 6. The fourth-order valence-corrected chi connectivity index (χ4v) is 10.2. The molecule has 0 amide bonds. The van der Waals surface area contributed by atoms with Gasteiger partial charge in [0.15, 0.2) is 0 Å². The summed E-state index contributed by atoms with van der Waals surface area (Å²) in [6, 6.07) is 61.9. The fraction of sp³-hybridized carbons (Fsp3) is 0.0222. The normalized spacial score (nSPS) is 13.1. The molecule has 2 aromatic heterocycles. The molecule has 2 aliphatic rings. The van der Waals surface area contributed by atoms with Gasteiger partial charge in [-0.3, -0.25) is 0 Å². The summed E-state index contributed by atoms with van der Waals surface area (Å²) in [7, 11) is 0. The maximum atomic E-state index is 2.47. The topological polar surface area (TPSA) is 6.48 Å². The number of thiophene rings is 2. The lowest BCUT2D eigenvalue weighted by Gasteiger charge is -2.32. The number of anilines is 6. The zero-order chi connectivity index (χ0) is 32.4. The molecule has 0 bridgehead atoms. The van der Waals surface area contributed by atoms with E-state index in [2.05, 4.69) is 190 Å². The minimum Gasteiger partial charge on any atom is -0.310 e. The Morgan fingerprint density at radius 1 is 0.327 bits per heavy atom. The quantitative estimate of drug-likeness (QED) is 0.175. The van der Waals surface area contributed by atoms with Crippen LogP contribution < -0.4 is 9.80 Å². The van der Waals surface area contributed by atoms with Crippen LogP contribution in [-0.4, -0.2) is 0 Å². The molecule has 49 heavy (non-hydrogen) atoms. The molecule has 0 saturated heterocycles. The van der Waals surface area contributed by atoms with Crippen molar-refractivity contribution in [2.24, 2.45) is 0 Å². The van der Waals surface area contributed by atoms with Crippen molar-refractivity contribution in [2.45, 2.75) is 5.41 Å². The second kappa shape index (κ2) is 11.2. The van der Waals surface area contributed by atoms with E-state index in [0.717, 1.165) is 34.1 Å². The van der Waals surface area contributed by atoms with E-state index in [1.54, 1.807) is 0 Å². The summed E-state index contributed by atoms with van der Waals surface area (Å²) >= 11 is 3.74. The Morgan fingerprint density at radius 3 is 1.02 bits per heavy atom. The molecular weight excluding hydrogens is 633 g/mol. The van der Waals surface area contributed by atoms with Crippen LogP contribution >= 0.6 is 22.7 Å². The lowest BCUT2D eigenvalue weighted by Crippen LogP contribution is -2.26. The first kappa shape index (κ1) is 28.3. The molecule has 0 aliphatic heterocycles. The molecule has 0 atom stereocenters. The van der Waals surface area contributed by atoms with Gasteiger partial charge < -0.3 is 9.80 Å². The first-order valence-corrected chi connectivity index (χ1v) is 18.3. The van der Waals surface area contributed by atoms with E-state index < -0.39 is 5.41 Å². The van der Waals surface area contributed by atoms with Gasteiger partial charge in [-0.05, 0) is 129 Å². The van der Waals surface area contributed by atoms with Crippen molar-refractivity contribution >= 4 is 56.8 Å². The first-order chi connectivity index (χ1) is 24.3. The third-order valence-electron chi connectivity index (χ3n) is 10.0. The van der Waals surface area contributed by atoms with Crippen LogP contribution in [0.2, 0.25) is 0 Å². The Kier molecular flexibility index (Phi) is 6.48. The van der Waals surface area contributed by atoms with Gasteiger partial charge in [0, 0.05) is 43.9 Å². The molecule has 0 N–H and O–H groups in total. The van der Waals surface area contributed by atoms with E-state index in [4.69, 9.17) is 0 Å². The molecule has 0 radical (unpaired) electrons. The minimum absolute atomic E-state index is 0.417. The van der Waals surface area contributed by atoms with Gasteiger partial charge in [-0.25, -0.2) is 0 Å². The van der Waals surface area contributed by atoms with Gasteiger partial charge in [0.25, 0.3) is 0 Å². The molecular formula is C45H30N2S2. The number of fused-ring (bicyclic) bond motifs is 10. The highest BCUT2D eigenvalue weighted by Crippen LogP contribution is 2.66. The van der Waals surface area contributed by atoms with Crippen molar-refractivity contribution in [3.63, 3.8) is 0 Å². The monoisotopic (exact) mass is 662 g/mol. The SMILES string of the molecule is c1ccc(N(c2ccccc2)c2ccc3c(c2)C2(c4cc(N(c5ccccc5)c5ccccc5)ccc4-3)c3ccsc3-c3sccc32)cc1. The minimum atomic E-state index is -0.417. The molecule has 8 aromatic rings. The van der Waals surface area contributed by atoms with Crippen molar-refractivity contribution < 1.29 is 0 Å². The van der Waals surface area contributed by atoms with Crippen molar-refractivity contribution in [1.29, 1.82) is 0 Å². The van der Waals surface area contributed by atoms with Gasteiger partial charge >= 0.3 is 0 Å². The third kappa shape index (κ3) is 4.18. The molecule has 6 aromatic carbocycles. The molecule has 232 valence electrons. The van der Waals surface area contributed by atoms with Gasteiger partial charge in [-0.2, -0.15) is 0 Å². The van der Waals surface area contributed by atoms with E-state index in [1.807, 2.05) is 22.7 Å². The molecule has 0 fully saturated rings. The second-order valence-corrected chi connectivity index (χ2v) is 14.4. The van der Waals surface area contributed by atoms with Crippen LogP contribution in [0.3, 0.4) is 0 Å². The second-order valence-electron chi connectivity index (χ2n) is 12.5. The van der Waals surface area contributed by atoms with Crippen molar-refractivity contribution in [2.75, 3.05) is 9.80 Å². The first-order valence-electron chi connectivity index (χ1n) is 16.6. The van der Waals surface area contributed by atoms with Gasteiger partial charge in [0.05, 0.1) is 5.41 Å².